The molecule has 4 nitrogen and oxygen atoms in total. The van der Waals surface area contributed by atoms with E-state index in [1.807, 2.05) is 6.20 Å². The quantitative estimate of drug-likeness (QED) is 0.870. The van der Waals surface area contributed by atoms with Crippen LogP contribution in [-0.4, -0.2) is 29.1 Å². The van der Waals surface area contributed by atoms with E-state index in [1.54, 1.807) is 6.20 Å². The SMILES string of the molecule is CCCNc1cncc(N2CCCC2C(C)C)n1. The normalized spacial score (nSPS) is 19.6. The molecule has 1 aromatic heterocycles. The molecule has 18 heavy (non-hydrogen) atoms. The van der Waals surface area contributed by atoms with E-state index in [0.717, 1.165) is 31.1 Å². The lowest BCUT2D eigenvalue weighted by Gasteiger charge is -2.28. The molecule has 1 unspecified atom stereocenters. The van der Waals surface area contributed by atoms with E-state index in [0.29, 0.717) is 12.0 Å². The topological polar surface area (TPSA) is 41.1 Å². The van der Waals surface area contributed by atoms with E-state index < -0.39 is 0 Å². The summed E-state index contributed by atoms with van der Waals surface area (Å²) in [5, 5.41) is 3.30. The molecule has 0 spiro atoms. The maximum absolute atomic E-state index is 4.68. The van der Waals surface area contributed by atoms with Gasteiger partial charge in [0.1, 0.15) is 11.6 Å². The predicted octanol–water partition coefficient (Wildman–Crippen LogP) is 2.92. The minimum absolute atomic E-state index is 0.612. The first-order valence-corrected chi connectivity index (χ1v) is 7.05. The van der Waals surface area contributed by atoms with Crippen LogP contribution in [0.2, 0.25) is 0 Å². The Labute approximate surface area is 110 Å². The number of nitrogens with one attached hydrogen (secondary N) is 1. The van der Waals surface area contributed by atoms with Crippen molar-refractivity contribution in [1.29, 1.82) is 0 Å². The number of rotatable bonds is 5. The van der Waals surface area contributed by atoms with Gasteiger partial charge in [0, 0.05) is 19.1 Å². The molecule has 2 heterocycles. The lowest BCUT2D eigenvalue weighted by Crippen LogP contribution is -2.34. The largest absolute Gasteiger partial charge is 0.369 e. The van der Waals surface area contributed by atoms with Crippen LogP contribution in [0.1, 0.15) is 40.0 Å². The number of anilines is 2. The van der Waals surface area contributed by atoms with Crippen molar-refractivity contribution in [3.63, 3.8) is 0 Å². The lowest BCUT2D eigenvalue weighted by molar-refractivity contribution is 0.489. The highest BCUT2D eigenvalue weighted by molar-refractivity contribution is 5.45. The van der Waals surface area contributed by atoms with E-state index in [4.69, 9.17) is 0 Å². The Bertz CT molecular complexity index is 378. The van der Waals surface area contributed by atoms with E-state index in [9.17, 15) is 0 Å². The van der Waals surface area contributed by atoms with Gasteiger partial charge in [-0.1, -0.05) is 20.8 Å². The molecule has 1 atom stereocenters. The summed E-state index contributed by atoms with van der Waals surface area (Å²) in [5.74, 6) is 2.58. The fraction of sp³-hybridized carbons (Fsp3) is 0.714. The van der Waals surface area contributed by atoms with Crippen molar-refractivity contribution in [1.82, 2.24) is 9.97 Å². The highest BCUT2D eigenvalue weighted by Gasteiger charge is 2.28. The molecule has 1 aliphatic rings. The van der Waals surface area contributed by atoms with Gasteiger partial charge in [-0.2, -0.15) is 0 Å². The van der Waals surface area contributed by atoms with Crippen molar-refractivity contribution in [3.8, 4) is 0 Å². The minimum Gasteiger partial charge on any atom is -0.369 e. The molecule has 1 aliphatic heterocycles. The van der Waals surface area contributed by atoms with Gasteiger partial charge in [-0.3, -0.25) is 4.98 Å². The van der Waals surface area contributed by atoms with Crippen molar-refractivity contribution in [2.24, 2.45) is 5.92 Å². The fourth-order valence-corrected chi connectivity index (χ4v) is 2.60. The summed E-state index contributed by atoms with van der Waals surface area (Å²) in [7, 11) is 0. The average molecular weight is 248 g/mol. The third-order valence-electron chi connectivity index (χ3n) is 3.54. The second-order valence-electron chi connectivity index (χ2n) is 5.34. The summed E-state index contributed by atoms with van der Waals surface area (Å²) in [6.45, 7) is 8.78. The van der Waals surface area contributed by atoms with Crippen molar-refractivity contribution in [2.75, 3.05) is 23.3 Å². The molecule has 2 rings (SSSR count). The number of aromatic nitrogens is 2. The molecule has 1 aromatic rings. The number of hydrogen-bond donors (Lipinski definition) is 1. The third-order valence-corrected chi connectivity index (χ3v) is 3.54. The van der Waals surface area contributed by atoms with Gasteiger partial charge in [-0.25, -0.2) is 4.98 Å². The number of nitrogens with zero attached hydrogens (tertiary/aromatic N) is 3. The molecular weight excluding hydrogens is 224 g/mol. The molecule has 0 radical (unpaired) electrons. The first-order chi connectivity index (χ1) is 8.72. The van der Waals surface area contributed by atoms with Gasteiger partial charge in [-0.15, -0.1) is 0 Å². The van der Waals surface area contributed by atoms with Crippen LogP contribution in [0.15, 0.2) is 12.4 Å². The molecule has 100 valence electrons. The number of hydrogen-bond acceptors (Lipinski definition) is 4. The van der Waals surface area contributed by atoms with Crippen molar-refractivity contribution < 1.29 is 0 Å². The molecule has 4 heteroatoms. The Kier molecular flexibility index (Phi) is 4.39. The highest BCUT2D eigenvalue weighted by atomic mass is 15.2. The lowest BCUT2D eigenvalue weighted by atomic mass is 10.0. The third kappa shape index (κ3) is 2.92. The maximum atomic E-state index is 4.68. The van der Waals surface area contributed by atoms with Gasteiger partial charge in [0.2, 0.25) is 0 Å². The molecule has 1 fully saturated rings. The van der Waals surface area contributed by atoms with Crippen molar-refractivity contribution in [2.45, 2.75) is 46.1 Å². The Morgan fingerprint density at radius 3 is 3.00 bits per heavy atom. The summed E-state index contributed by atoms with van der Waals surface area (Å²) in [6.07, 6.45) is 7.32. The molecule has 0 aromatic carbocycles. The van der Waals surface area contributed by atoms with E-state index >= 15 is 0 Å². The predicted molar refractivity (Wildman–Crippen MR) is 76.0 cm³/mol. The zero-order valence-corrected chi connectivity index (χ0v) is 11.7. The molecule has 0 aliphatic carbocycles. The van der Waals surface area contributed by atoms with E-state index in [1.165, 1.54) is 12.8 Å². The summed E-state index contributed by atoms with van der Waals surface area (Å²) < 4.78 is 0. The van der Waals surface area contributed by atoms with Gasteiger partial charge in [0.25, 0.3) is 0 Å². The van der Waals surface area contributed by atoms with Crippen LogP contribution in [0.3, 0.4) is 0 Å². The van der Waals surface area contributed by atoms with Crippen LogP contribution in [0, 0.1) is 5.92 Å². The zero-order chi connectivity index (χ0) is 13.0. The molecule has 1 saturated heterocycles. The Morgan fingerprint density at radius 1 is 1.44 bits per heavy atom. The Balaban J connectivity index is 2.12. The van der Waals surface area contributed by atoms with Gasteiger partial charge in [0.05, 0.1) is 12.4 Å². The van der Waals surface area contributed by atoms with Crippen LogP contribution in [0.5, 0.6) is 0 Å². The molecule has 0 amide bonds. The highest BCUT2D eigenvalue weighted by Crippen LogP contribution is 2.28. The minimum atomic E-state index is 0.612. The first-order valence-electron chi connectivity index (χ1n) is 7.05. The molecular formula is C14H24N4. The smallest absolute Gasteiger partial charge is 0.149 e. The first kappa shape index (κ1) is 13.1. The second-order valence-corrected chi connectivity index (χ2v) is 5.34. The van der Waals surface area contributed by atoms with Crippen LogP contribution in [0.25, 0.3) is 0 Å². The van der Waals surface area contributed by atoms with Crippen molar-refractivity contribution >= 4 is 11.6 Å². The van der Waals surface area contributed by atoms with Gasteiger partial charge in [0.15, 0.2) is 0 Å². The summed E-state index contributed by atoms with van der Waals surface area (Å²) in [4.78, 5) is 11.4. The molecule has 0 saturated carbocycles. The fourth-order valence-electron chi connectivity index (χ4n) is 2.60. The van der Waals surface area contributed by atoms with Gasteiger partial charge in [-0.05, 0) is 25.2 Å². The summed E-state index contributed by atoms with van der Waals surface area (Å²) in [5.41, 5.74) is 0. The maximum Gasteiger partial charge on any atom is 0.149 e. The van der Waals surface area contributed by atoms with Crippen LogP contribution in [-0.2, 0) is 0 Å². The van der Waals surface area contributed by atoms with Gasteiger partial charge >= 0.3 is 0 Å². The van der Waals surface area contributed by atoms with Crippen molar-refractivity contribution in [3.05, 3.63) is 12.4 Å². The standard InChI is InChI=1S/C14H24N4/c1-4-7-16-13-9-15-10-14(17-13)18-8-5-6-12(18)11(2)3/h9-12H,4-8H2,1-3H3,(H,16,17). The Morgan fingerprint density at radius 2 is 2.28 bits per heavy atom. The zero-order valence-electron chi connectivity index (χ0n) is 11.7. The Hall–Kier alpha value is -1.32. The molecule has 1 N–H and O–H groups in total. The van der Waals surface area contributed by atoms with E-state index in [-0.39, 0.29) is 0 Å². The van der Waals surface area contributed by atoms with E-state index in [2.05, 4.69) is 41.0 Å². The van der Waals surface area contributed by atoms with Crippen LogP contribution >= 0.6 is 0 Å². The molecule has 0 bridgehead atoms. The van der Waals surface area contributed by atoms with Crippen LogP contribution in [0.4, 0.5) is 11.6 Å². The summed E-state index contributed by atoms with van der Waals surface area (Å²) in [6, 6.07) is 0.612. The second kappa shape index (κ2) is 6.03. The average Bonchev–Trinajstić information content (AvgIpc) is 2.86. The van der Waals surface area contributed by atoms with Crippen LogP contribution < -0.4 is 10.2 Å². The summed E-state index contributed by atoms with van der Waals surface area (Å²) >= 11 is 0. The van der Waals surface area contributed by atoms with Gasteiger partial charge < -0.3 is 10.2 Å². The monoisotopic (exact) mass is 248 g/mol.